The topological polar surface area (TPSA) is 74.1 Å². The number of hydrogen-bond acceptors (Lipinski definition) is 4. The molecule has 5 aromatic rings. The lowest BCUT2D eigenvalue weighted by Crippen LogP contribution is -2.20. The van der Waals surface area contributed by atoms with E-state index in [-0.39, 0.29) is 11.4 Å². The lowest BCUT2D eigenvalue weighted by molar-refractivity contribution is 0.678. The second-order valence-electron chi connectivity index (χ2n) is 5.75. The summed E-state index contributed by atoms with van der Waals surface area (Å²) in [6, 6.07) is 10.4. The van der Waals surface area contributed by atoms with Gasteiger partial charge in [0.05, 0.1) is 26.6 Å². The third kappa shape index (κ3) is 1.85. The minimum atomic E-state index is -0.241. The summed E-state index contributed by atoms with van der Waals surface area (Å²) in [5.74, 6) is 0.251. The second-order valence-corrected chi connectivity index (χ2v) is 6.56. The molecule has 7 heteroatoms. The van der Waals surface area contributed by atoms with Gasteiger partial charge < -0.3 is 10.2 Å². The van der Waals surface area contributed by atoms with Crippen LogP contribution in [0, 0.1) is 0 Å². The van der Waals surface area contributed by atoms with Crippen molar-refractivity contribution in [1.29, 1.82) is 0 Å². The summed E-state index contributed by atoms with van der Waals surface area (Å²) in [5, 5.41) is 2.82. The maximum absolute atomic E-state index is 13.3. The Balaban J connectivity index is 2.07. The molecule has 0 aliphatic heterocycles. The molecule has 0 amide bonds. The minimum absolute atomic E-state index is 0.241. The van der Waals surface area contributed by atoms with Gasteiger partial charge in [0.2, 0.25) is 0 Å². The molecule has 25 heavy (non-hydrogen) atoms. The predicted octanol–water partition coefficient (Wildman–Crippen LogP) is 4.61. The zero-order valence-corrected chi connectivity index (χ0v) is 14.1. The van der Waals surface area contributed by atoms with Crippen LogP contribution in [-0.4, -0.2) is 9.55 Å². The number of rotatable bonds is 1. The first-order valence-corrected chi connectivity index (χ1v) is 8.21. The number of nitrogen functional groups attached to an aromatic ring is 1. The number of benzene rings is 2. The van der Waals surface area contributed by atoms with E-state index in [9.17, 15) is 4.79 Å². The Bertz CT molecular complexity index is 1350. The van der Waals surface area contributed by atoms with Crippen molar-refractivity contribution < 1.29 is 4.42 Å². The molecular formula is C18H9Cl2N3O2. The van der Waals surface area contributed by atoms with Crippen molar-refractivity contribution in [1.82, 2.24) is 9.55 Å². The van der Waals surface area contributed by atoms with Crippen molar-refractivity contribution in [3.8, 4) is 5.69 Å². The number of hydrogen-bond donors (Lipinski definition) is 1. The van der Waals surface area contributed by atoms with Gasteiger partial charge in [0.15, 0.2) is 0 Å². The lowest BCUT2D eigenvalue weighted by Gasteiger charge is -2.13. The molecule has 0 aliphatic carbocycles. The lowest BCUT2D eigenvalue weighted by atomic mass is 10.1. The van der Waals surface area contributed by atoms with Crippen molar-refractivity contribution in [3.63, 3.8) is 0 Å². The highest BCUT2D eigenvalue weighted by atomic mass is 35.5. The van der Waals surface area contributed by atoms with Gasteiger partial charge in [-0.25, -0.2) is 4.98 Å². The summed E-state index contributed by atoms with van der Waals surface area (Å²) in [5.41, 5.74) is 8.15. The quantitative estimate of drug-likeness (QED) is 0.437. The van der Waals surface area contributed by atoms with E-state index in [2.05, 4.69) is 4.98 Å². The molecule has 0 spiro atoms. The van der Waals surface area contributed by atoms with E-state index in [0.29, 0.717) is 37.8 Å². The molecular weight excluding hydrogens is 361 g/mol. The van der Waals surface area contributed by atoms with Crippen LogP contribution >= 0.6 is 23.2 Å². The van der Waals surface area contributed by atoms with Crippen LogP contribution in [0.25, 0.3) is 38.5 Å². The van der Waals surface area contributed by atoms with E-state index in [0.717, 1.165) is 10.8 Å². The molecule has 4 heterocycles. The Morgan fingerprint density at radius 2 is 1.76 bits per heavy atom. The Hall–Kier alpha value is -2.76. The fourth-order valence-electron chi connectivity index (χ4n) is 3.32. The largest absolute Gasteiger partial charge is 0.456 e. The van der Waals surface area contributed by atoms with Gasteiger partial charge in [-0.1, -0.05) is 23.2 Å². The number of furan rings is 2. The Kier molecular flexibility index (Phi) is 2.84. The van der Waals surface area contributed by atoms with Gasteiger partial charge in [-0.2, -0.15) is 0 Å². The first-order chi connectivity index (χ1) is 12.1. The zero-order chi connectivity index (χ0) is 17.3. The van der Waals surface area contributed by atoms with Crippen LogP contribution in [0.2, 0.25) is 10.0 Å². The molecule has 0 saturated heterocycles. The SMILES string of the molecule is Nc1nccc2c3c4ccc(o4)c3c(=O)n(-c3ccc(Cl)c(Cl)c3)c12. The van der Waals surface area contributed by atoms with Crippen molar-refractivity contribution >= 4 is 61.9 Å². The van der Waals surface area contributed by atoms with Gasteiger partial charge in [0, 0.05) is 17.0 Å². The van der Waals surface area contributed by atoms with Crippen LogP contribution in [0.4, 0.5) is 5.82 Å². The van der Waals surface area contributed by atoms with E-state index < -0.39 is 0 Å². The van der Waals surface area contributed by atoms with Crippen LogP contribution in [0.15, 0.2) is 51.8 Å². The first kappa shape index (κ1) is 14.6. The van der Waals surface area contributed by atoms with Gasteiger partial charge >= 0.3 is 0 Å². The summed E-state index contributed by atoms with van der Waals surface area (Å²) in [6.07, 6.45) is 1.61. The van der Waals surface area contributed by atoms with E-state index in [1.165, 1.54) is 4.57 Å². The highest BCUT2D eigenvalue weighted by Gasteiger charge is 2.21. The smallest absolute Gasteiger partial charge is 0.267 e. The van der Waals surface area contributed by atoms with E-state index in [1.807, 2.05) is 12.1 Å². The molecule has 5 rings (SSSR count). The third-order valence-electron chi connectivity index (χ3n) is 4.37. The first-order valence-electron chi connectivity index (χ1n) is 7.45. The standard InChI is InChI=1S/C18H9Cl2N3O2/c19-10-2-1-8(7-11(10)20)23-16-9(5-6-22-17(16)21)14-12-3-4-13(25-12)15(14)18(23)24/h1-7H,(H2,21,22). The normalized spacial score (nSPS) is 11.9. The number of aromatic nitrogens is 2. The molecule has 0 saturated carbocycles. The van der Waals surface area contributed by atoms with E-state index in [1.54, 1.807) is 30.5 Å². The molecule has 0 radical (unpaired) electrons. The van der Waals surface area contributed by atoms with Crippen LogP contribution < -0.4 is 11.3 Å². The van der Waals surface area contributed by atoms with Crippen molar-refractivity contribution in [2.24, 2.45) is 0 Å². The number of nitrogens with zero attached hydrogens (tertiary/aromatic N) is 2. The number of fused-ring (bicyclic) bond motifs is 7. The summed E-state index contributed by atoms with van der Waals surface area (Å²) in [6.45, 7) is 0. The van der Waals surface area contributed by atoms with Gasteiger partial charge in [-0.05, 0) is 36.4 Å². The molecule has 0 atom stereocenters. The summed E-state index contributed by atoms with van der Waals surface area (Å²) >= 11 is 12.2. The van der Waals surface area contributed by atoms with Crippen molar-refractivity contribution in [3.05, 3.63) is 63.0 Å². The molecule has 0 aliphatic rings. The van der Waals surface area contributed by atoms with Gasteiger partial charge in [-0.3, -0.25) is 9.36 Å². The molecule has 0 unspecified atom stereocenters. The van der Waals surface area contributed by atoms with Gasteiger partial charge in [-0.15, -0.1) is 0 Å². The number of anilines is 1. The molecule has 5 nitrogen and oxygen atoms in total. The average Bonchev–Trinajstić information content (AvgIpc) is 3.21. The average molecular weight is 370 g/mol. The monoisotopic (exact) mass is 369 g/mol. The number of pyridine rings is 2. The highest BCUT2D eigenvalue weighted by Crippen LogP contribution is 2.36. The number of nitrogens with two attached hydrogens (primary N) is 1. The van der Waals surface area contributed by atoms with Crippen molar-refractivity contribution in [2.75, 3.05) is 5.73 Å². The van der Waals surface area contributed by atoms with E-state index >= 15 is 0 Å². The molecule has 122 valence electrons. The van der Waals surface area contributed by atoms with Crippen LogP contribution in [-0.2, 0) is 0 Å². The second kappa shape index (κ2) is 4.88. The molecule has 2 N–H and O–H groups in total. The third-order valence-corrected chi connectivity index (χ3v) is 5.11. The van der Waals surface area contributed by atoms with Crippen LogP contribution in [0.3, 0.4) is 0 Å². The van der Waals surface area contributed by atoms with Gasteiger partial charge in [0.1, 0.15) is 17.0 Å². The Labute approximate surface area is 150 Å². The Morgan fingerprint density at radius 3 is 2.52 bits per heavy atom. The van der Waals surface area contributed by atoms with Crippen LogP contribution in [0.1, 0.15) is 0 Å². The number of halogens is 2. The molecule has 2 bridgehead atoms. The fourth-order valence-corrected chi connectivity index (χ4v) is 3.62. The molecule has 0 fully saturated rings. The summed E-state index contributed by atoms with van der Waals surface area (Å²) in [4.78, 5) is 17.4. The van der Waals surface area contributed by atoms with E-state index in [4.69, 9.17) is 33.4 Å². The van der Waals surface area contributed by atoms with Crippen LogP contribution in [0.5, 0.6) is 0 Å². The maximum atomic E-state index is 13.3. The molecule has 1 aromatic carbocycles. The fraction of sp³-hybridized carbons (Fsp3) is 0. The van der Waals surface area contributed by atoms with Gasteiger partial charge in [0.25, 0.3) is 5.56 Å². The predicted molar refractivity (Wildman–Crippen MR) is 100 cm³/mol. The maximum Gasteiger partial charge on any atom is 0.267 e. The zero-order valence-electron chi connectivity index (χ0n) is 12.6. The summed E-state index contributed by atoms with van der Waals surface area (Å²) in [7, 11) is 0. The van der Waals surface area contributed by atoms with Crippen molar-refractivity contribution in [2.45, 2.75) is 0 Å². The highest BCUT2D eigenvalue weighted by molar-refractivity contribution is 6.42. The molecule has 4 aromatic heterocycles. The minimum Gasteiger partial charge on any atom is -0.456 e. The summed E-state index contributed by atoms with van der Waals surface area (Å²) < 4.78 is 7.21. The Morgan fingerprint density at radius 1 is 1.00 bits per heavy atom.